The Morgan fingerprint density at radius 3 is 2.28 bits per heavy atom. The van der Waals surface area contributed by atoms with Crippen molar-refractivity contribution in [1.29, 1.82) is 0 Å². The van der Waals surface area contributed by atoms with Gasteiger partial charge in [0, 0.05) is 12.5 Å². The third-order valence-electron chi connectivity index (χ3n) is 4.55. The molecule has 1 atom stereocenters. The predicted octanol–water partition coefficient (Wildman–Crippen LogP) is 2.42. The summed E-state index contributed by atoms with van der Waals surface area (Å²) in [5.41, 5.74) is 0.363. The first-order valence-corrected chi connectivity index (χ1v) is 8.50. The van der Waals surface area contributed by atoms with Crippen molar-refractivity contribution in [3.63, 3.8) is 0 Å². The highest BCUT2D eigenvalue weighted by Crippen LogP contribution is 2.34. The number of aliphatic carboxylic acids is 1. The summed E-state index contributed by atoms with van der Waals surface area (Å²) in [4.78, 5) is 25.9. The van der Waals surface area contributed by atoms with E-state index in [1.54, 1.807) is 19.0 Å². The molecule has 0 spiro atoms. The molecule has 0 saturated carbocycles. The first-order chi connectivity index (χ1) is 11.9. The zero-order valence-electron chi connectivity index (χ0n) is 15.0. The van der Waals surface area contributed by atoms with Crippen LogP contribution >= 0.6 is 0 Å². The van der Waals surface area contributed by atoms with Gasteiger partial charge in [0.15, 0.2) is 0 Å². The van der Waals surface area contributed by atoms with Gasteiger partial charge in [0.1, 0.15) is 6.04 Å². The van der Waals surface area contributed by atoms with E-state index in [4.69, 9.17) is 0 Å². The first kappa shape index (κ1) is 18.9. The molecular weight excluding hydrogens is 316 g/mol. The second-order valence-electron chi connectivity index (χ2n) is 6.68. The van der Waals surface area contributed by atoms with Gasteiger partial charge in [-0.3, -0.25) is 4.79 Å². The number of rotatable bonds is 7. The number of nitrogens with zero attached hydrogens (tertiary/aromatic N) is 1. The van der Waals surface area contributed by atoms with Crippen molar-refractivity contribution in [1.82, 2.24) is 10.2 Å². The molecule has 1 aromatic rings. The van der Waals surface area contributed by atoms with Crippen LogP contribution in [0.3, 0.4) is 0 Å². The normalized spacial score (nSPS) is 23.4. The summed E-state index contributed by atoms with van der Waals surface area (Å²) in [5, 5.41) is 12.0. The van der Waals surface area contributed by atoms with Crippen LogP contribution in [0.5, 0.6) is 0 Å². The zero-order valence-corrected chi connectivity index (χ0v) is 15.0. The molecule has 1 unspecified atom stereocenters. The molecule has 25 heavy (non-hydrogen) atoms. The number of hydrogen-bond donors (Lipinski definition) is 2. The van der Waals surface area contributed by atoms with Crippen LogP contribution in [0.25, 0.3) is 0 Å². The van der Waals surface area contributed by atoms with Crippen LogP contribution in [-0.4, -0.2) is 48.6 Å². The maximum absolute atomic E-state index is 12.8. The molecule has 5 heteroatoms. The van der Waals surface area contributed by atoms with Crippen molar-refractivity contribution in [2.45, 2.75) is 25.3 Å². The highest BCUT2D eigenvalue weighted by atomic mass is 16.4. The van der Waals surface area contributed by atoms with E-state index in [9.17, 15) is 14.7 Å². The molecule has 2 N–H and O–H groups in total. The monoisotopic (exact) mass is 342 g/mol. The lowest BCUT2D eigenvalue weighted by molar-refractivity contribution is -0.143. The number of carboxylic acids is 1. The van der Waals surface area contributed by atoms with Crippen molar-refractivity contribution in [3.8, 4) is 0 Å². The molecule has 0 saturated heterocycles. The zero-order chi connectivity index (χ0) is 18.4. The average Bonchev–Trinajstić information content (AvgIpc) is 2.61. The topological polar surface area (TPSA) is 69.6 Å². The molecule has 1 amide bonds. The fourth-order valence-electron chi connectivity index (χ4n) is 2.96. The lowest BCUT2D eigenvalue weighted by Crippen LogP contribution is -2.51. The maximum Gasteiger partial charge on any atom is 0.327 e. The first-order valence-electron chi connectivity index (χ1n) is 8.50. The van der Waals surface area contributed by atoms with E-state index in [1.807, 2.05) is 49.4 Å². The Morgan fingerprint density at radius 1 is 1.20 bits per heavy atom. The van der Waals surface area contributed by atoms with Gasteiger partial charge in [-0.05, 0) is 26.1 Å². The van der Waals surface area contributed by atoms with Crippen LogP contribution in [0, 0.1) is 5.41 Å². The number of amides is 1. The van der Waals surface area contributed by atoms with E-state index in [2.05, 4.69) is 17.4 Å². The Morgan fingerprint density at radius 2 is 1.80 bits per heavy atom. The number of carbonyl (C=O) groups is 2. The number of hydrogen-bond acceptors (Lipinski definition) is 3. The second-order valence-corrected chi connectivity index (χ2v) is 6.68. The van der Waals surface area contributed by atoms with Crippen LogP contribution in [0.1, 0.15) is 24.8 Å². The maximum atomic E-state index is 12.8. The molecule has 1 aliphatic carbocycles. The van der Waals surface area contributed by atoms with Gasteiger partial charge in [0.05, 0.1) is 5.41 Å². The highest BCUT2D eigenvalue weighted by Gasteiger charge is 2.36. The minimum absolute atomic E-state index is 0.130. The standard InChI is InChI=1S/C20H26N2O3/c1-4-20(19(25)21-17(18(23)24)14-22(2)3)12-10-16(11-13-20)15-8-6-5-7-9-15/h5-13,16-17H,4,14H2,1-3H3,(H,21,25)(H,23,24). The van der Waals surface area contributed by atoms with Gasteiger partial charge in [-0.25, -0.2) is 4.79 Å². The van der Waals surface area contributed by atoms with E-state index < -0.39 is 17.4 Å². The Labute approximate surface area is 149 Å². The van der Waals surface area contributed by atoms with Gasteiger partial charge in [0.2, 0.25) is 5.91 Å². The molecule has 134 valence electrons. The highest BCUT2D eigenvalue weighted by molar-refractivity contribution is 5.90. The number of likely N-dealkylation sites (N-methyl/N-ethyl adjacent to an activating group) is 1. The predicted molar refractivity (Wildman–Crippen MR) is 98.3 cm³/mol. The fraction of sp³-hybridized carbons (Fsp3) is 0.400. The number of carbonyl (C=O) groups excluding carboxylic acids is 1. The third-order valence-corrected chi connectivity index (χ3v) is 4.55. The number of allylic oxidation sites excluding steroid dienone is 2. The molecule has 1 aliphatic rings. The van der Waals surface area contributed by atoms with Crippen LogP contribution < -0.4 is 5.32 Å². The van der Waals surface area contributed by atoms with E-state index in [0.29, 0.717) is 6.42 Å². The molecule has 1 aromatic carbocycles. The lowest BCUT2D eigenvalue weighted by Gasteiger charge is -2.30. The SMILES string of the molecule is CCC1(C(=O)NC(CN(C)C)C(=O)O)C=CC(c2ccccc2)C=C1. The summed E-state index contributed by atoms with van der Waals surface area (Å²) in [6.07, 6.45) is 8.39. The minimum Gasteiger partial charge on any atom is -0.480 e. The van der Waals surface area contributed by atoms with E-state index >= 15 is 0 Å². The van der Waals surface area contributed by atoms with Gasteiger partial charge in [0.25, 0.3) is 0 Å². The van der Waals surface area contributed by atoms with Crippen LogP contribution in [0.4, 0.5) is 0 Å². The second kappa shape index (κ2) is 8.12. The van der Waals surface area contributed by atoms with Gasteiger partial charge < -0.3 is 15.3 Å². The van der Waals surface area contributed by atoms with Crippen molar-refractivity contribution < 1.29 is 14.7 Å². The third kappa shape index (κ3) is 4.57. The Balaban J connectivity index is 2.14. The van der Waals surface area contributed by atoms with Crippen molar-refractivity contribution in [2.75, 3.05) is 20.6 Å². The molecule has 5 nitrogen and oxygen atoms in total. The molecule has 0 radical (unpaired) electrons. The number of carboxylic acid groups (broad SMARTS) is 1. The smallest absolute Gasteiger partial charge is 0.327 e. The van der Waals surface area contributed by atoms with Crippen molar-refractivity contribution in [2.24, 2.45) is 5.41 Å². The van der Waals surface area contributed by atoms with Crippen LogP contribution in [-0.2, 0) is 9.59 Å². The van der Waals surface area contributed by atoms with Crippen molar-refractivity contribution >= 4 is 11.9 Å². The molecule has 0 bridgehead atoms. The molecule has 0 aliphatic heterocycles. The molecule has 0 heterocycles. The van der Waals surface area contributed by atoms with Crippen LogP contribution in [0.2, 0.25) is 0 Å². The van der Waals surface area contributed by atoms with Gasteiger partial charge >= 0.3 is 5.97 Å². The largest absolute Gasteiger partial charge is 0.480 e. The lowest BCUT2D eigenvalue weighted by atomic mass is 9.77. The Bertz CT molecular complexity index is 651. The molecule has 0 fully saturated rings. The molecular formula is C20H26N2O3. The van der Waals surface area contributed by atoms with E-state index in [-0.39, 0.29) is 18.4 Å². The van der Waals surface area contributed by atoms with Crippen LogP contribution in [0.15, 0.2) is 54.6 Å². The Kier molecular flexibility index (Phi) is 6.15. The summed E-state index contributed by atoms with van der Waals surface area (Å²) in [5.74, 6) is -1.17. The summed E-state index contributed by atoms with van der Waals surface area (Å²) in [6, 6.07) is 9.12. The average molecular weight is 342 g/mol. The molecule has 2 rings (SSSR count). The van der Waals surface area contributed by atoms with E-state index in [0.717, 1.165) is 5.56 Å². The summed E-state index contributed by atoms with van der Waals surface area (Å²) in [6.45, 7) is 2.18. The van der Waals surface area contributed by atoms with Crippen molar-refractivity contribution in [3.05, 3.63) is 60.2 Å². The Hall–Kier alpha value is -2.40. The minimum atomic E-state index is -1.03. The van der Waals surface area contributed by atoms with Gasteiger partial charge in [-0.2, -0.15) is 0 Å². The van der Waals surface area contributed by atoms with Gasteiger partial charge in [-0.15, -0.1) is 0 Å². The summed E-state index contributed by atoms with van der Waals surface area (Å²) in [7, 11) is 3.56. The van der Waals surface area contributed by atoms with Gasteiger partial charge in [-0.1, -0.05) is 61.6 Å². The summed E-state index contributed by atoms with van der Waals surface area (Å²) >= 11 is 0. The molecule has 0 aromatic heterocycles. The quantitative estimate of drug-likeness (QED) is 0.747. The van der Waals surface area contributed by atoms with E-state index in [1.165, 1.54) is 0 Å². The fourth-order valence-corrected chi connectivity index (χ4v) is 2.96. The number of nitrogens with one attached hydrogen (secondary N) is 1. The number of benzene rings is 1. The summed E-state index contributed by atoms with van der Waals surface area (Å²) < 4.78 is 0.